The summed E-state index contributed by atoms with van der Waals surface area (Å²) in [5, 5.41) is 5.02. The minimum atomic E-state index is -3.73. The summed E-state index contributed by atoms with van der Waals surface area (Å²) in [7, 11) is -3.73. The molecule has 0 atom stereocenters. The Kier molecular flexibility index (Phi) is 3.16. The lowest BCUT2D eigenvalue weighted by Crippen LogP contribution is -2.24. The summed E-state index contributed by atoms with van der Waals surface area (Å²) in [5.41, 5.74) is 5.60. The Labute approximate surface area is 95.4 Å². The van der Waals surface area contributed by atoms with E-state index in [0.29, 0.717) is 11.4 Å². The number of benzene rings is 1. The smallest absolute Gasteiger partial charge is 0.238 e. The highest BCUT2D eigenvalue weighted by Gasteiger charge is 2.16. The Morgan fingerprint density at radius 1 is 1.25 bits per heavy atom. The maximum Gasteiger partial charge on any atom is 0.238 e. The van der Waals surface area contributed by atoms with E-state index in [1.54, 1.807) is 0 Å². The second-order valence-corrected chi connectivity index (χ2v) is 6.02. The molecule has 5 nitrogen and oxygen atoms in total. The first-order valence-corrected chi connectivity index (χ1v) is 6.25. The van der Waals surface area contributed by atoms with Gasteiger partial charge in [-0.3, -0.25) is 0 Å². The summed E-state index contributed by atoms with van der Waals surface area (Å²) in [4.78, 5) is -0.0130. The predicted molar refractivity (Wildman–Crippen MR) is 62.6 cm³/mol. The van der Waals surface area contributed by atoms with Gasteiger partial charge in [-0.2, -0.15) is 0 Å². The zero-order chi connectivity index (χ0) is 12.6. The van der Waals surface area contributed by atoms with Gasteiger partial charge < -0.3 is 10.5 Å². The molecule has 6 heteroatoms. The van der Waals surface area contributed by atoms with Crippen LogP contribution in [0.15, 0.2) is 23.1 Å². The number of primary sulfonamides is 1. The molecule has 0 saturated carbocycles. The van der Waals surface area contributed by atoms with Gasteiger partial charge in [0, 0.05) is 6.07 Å². The highest BCUT2D eigenvalue weighted by Crippen LogP contribution is 2.27. The van der Waals surface area contributed by atoms with Crippen molar-refractivity contribution in [3.05, 3.63) is 18.2 Å². The van der Waals surface area contributed by atoms with Crippen LogP contribution in [0.1, 0.15) is 20.8 Å². The molecule has 0 saturated heterocycles. The maximum absolute atomic E-state index is 11.1. The van der Waals surface area contributed by atoms with Crippen molar-refractivity contribution in [2.75, 3.05) is 5.73 Å². The largest absolute Gasteiger partial charge is 0.486 e. The highest BCUT2D eigenvalue weighted by atomic mass is 32.2. The fraction of sp³-hybridized carbons (Fsp3) is 0.400. The Morgan fingerprint density at radius 2 is 1.81 bits per heavy atom. The third-order valence-corrected chi connectivity index (χ3v) is 2.64. The number of nitrogen functional groups attached to an aromatic ring is 1. The molecule has 0 aromatic heterocycles. The zero-order valence-electron chi connectivity index (χ0n) is 9.52. The molecule has 1 aromatic carbocycles. The Bertz CT molecular complexity index is 489. The van der Waals surface area contributed by atoms with Gasteiger partial charge >= 0.3 is 0 Å². The van der Waals surface area contributed by atoms with Gasteiger partial charge in [0.15, 0.2) is 0 Å². The lowest BCUT2D eigenvalue weighted by Gasteiger charge is -2.22. The van der Waals surface area contributed by atoms with Gasteiger partial charge in [0.05, 0.1) is 10.6 Å². The summed E-state index contributed by atoms with van der Waals surface area (Å²) in [6.45, 7) is 5.53. The Morgan fingerprint density at radius 3 is 2.25 bits per heavy atom. The van der Waals surface area contributed by atoms with Crippen molar-refractivity contribution in [2.45, 2.75) is 31.3 Å². The van der Waals surface area contributed by atoms with Gasteiger partial charge in [-0.05, 0) is 32.9 Å². The van der Waals surface area contributed by atoms with Crippen LogP contribution < -0.4 is 15.6 Å². The molecule has 0 radical (unpaired) electrons. The van der Waals surface area contributed by atoms with E-state index in [9.17, 15) is 8.42 Å². The number of ether oxygens (including phenoxy) is 1. The van der Waals surface area contributed by atoms with Gasteiger partial charge in [-0.15, -0.1) is 0 Å². The number of rotatable bonds is 2. The summed E-state index contributed by atoms with van der Waals surface area (Å²) in [6, 6.07) is 4.14. The number of sulfonamides is 1. The molecule has 0 bridgehead atoms. The molecule has 0 spiro atoms. The van der Waals surface area contributed by atoms with Crippen molar-refractivity contribution < 1.29 is 13.2 Å². The molecule has 0 unspecified atom stereocenters. The standard InChI is InChI=1S/C10H16N2O3S/c1-10(2,3)15-9-6-7(16(12,13)14)4-5-8(9)11/h4-6H,11H2,1-3H3,(H2,12,13,14). The molecule has 1 rings (SSSR count). The van der Waals surface area contributed by atoms with Crippen LogP contribution in [-0.2, 0) is 10.0 Å². The third-order valence-electron chi connectivity index (χ3n) is 1.73. The van der Waals surface area contributed by atoms with Gasteiger partial charge in [-0.1, -0.05) is 0 Å². The van der Waals surface area contributed by atoms with Crippen LogP contribution in [0.5, 0.6) is 5.75 Å². The summed E-state index contributed by atoms with van der Waals surface area (Å²) < 4.78 is 27.8. The fourth-order valence-electron chi connectivity index (χ4n) is 1.11. The van der Waals surface area contributed by atoms with Crippen molar-refractivity contribution >= 4 is 15.7 Å². The van der Waals surface area contributed by atoms with Crippen molar-refractivity contribution in [1.82, 2.24) is 0 Å². The molecule has 0 heterocycles. The third kappa shape index (κ3) is 3.39. The number of anilines is 1. The Balaban J connectivity index is 3.20. The van der Waals surface area contributed by atoms with E-state index in [2.05, 4.69) is 0 Å². The van der Waals surface area contributed by atoms with Crippen LogP contribution >= 0.6 is 0 Å². The van der Waals surface area contributed by atoms with Gasteiger partial charge in [0.1, 0.15) is 11.4 Å². The van der Waals surface area contributed by atoms with Crippen molar-refractivity contribution in [1.29, 1.82) is 0 Å². The monoisotopic (exact) mass is 244 g/mol. The molecule has 0 fully saturated rings. The molecule has 1 aromatic rings. The van der Waals surface area contributed by atoms with E-state index in [0.717, 1.165) is 0 Å². The van der Waals surface area contributed by atoms with Gasteiger partial charge in [0.25, 0.3) is 0 Å². The number of hydrogen-bond donors (Lipinski definition) is 2. The van der Waals surface area contributed by atoms with Crippen LogP contribution in [0.3, 0.4) is 0 Å². The zero-order valence-corrected chi connectivity index (χ0v) is 10.3. The lowest BCUT2D eigenvalue weighted by atomic mass is 10.2. The van der Waals surface area contributed by atoms with E-state index < -0.39 is 15.6 Å². The van der Waals surface area contributed by atoms with E-state index in [1.807, 2.05) is 20.8 Å². The molecule has 0 aliphatic heterocycles. The second-order valence-electron chi connectivity index (χ2n) is 4.46. The normalized spacial score (nSPS) is 12.5. The van der Waals surface area contributed by atoms with E-state index in [1.165, 1.54) is 18.2 Å². The van der Waals surface area contributed by atoms with Crippen LogP contribution in [0, 0.1) is 0 Å². The fourth-order valence-corrected chi connectivity index (χ4v) is 1.64. The second kappa shape index (κ2) is 3.95. The molecule has 4 N–H and O–H groups in total. The first-order valence-electron chi connectivity index (χ1n) is 4.71. The highest BCUT2D eigenvalue weighted by molar-refractivity contribution is 7.89. The SMILES string of the molecule is CC(C)(C)Oc1cc(S(N)(=O)=O)ccc1N. The van der Waals surface area contributed by atoms with Crippen LogP contribution in [0.25, 0.3) is 0 Å². The van der Waals surface area contributed by atoms with E-state index >= 15 is 0 Å². The molecule has 0 amide bonds. The topological polar surface area (TPSA) is 95.4 Å². The van der Waals surface area contributed by atoms with Crippen molar-refractivity contribution in [2.24, 2.45) is 5.14 Å². The van der Waals surface area contributed by atoms with Crippen LogP contribution in [0.4, 0.5) is 5.69 Å². The molecule has 90 valence electrons. The van der Waals surface area contributed by atoms with E-state index in [-0.39, 0.29) is 4.90 Å². The average molecular weight is 244 g/mol. The molecule has 0 aliphatic rings. The van der Waals surface area contributed by atoms with Gasteiger partial charge in [0.2, 0.25) is 10.0 Å². The minimum Gasteiger partial charge on any atom is -0.486 e. The molecule has 0 aliphatic carbocycles. The maximum atomic E-state index is 11.1. The molecule has 16 heavy (non-hydrogen) atoms. The van der Waals surface area contributed by atoms with Crippen LogP contribution in [-0.4, -0.2) is 14.0 Å². The summed E-state index contributed by atoms with van der Waals surface area (Å²) in [5.74, 6) is 0.319. The van der Waals surface area contributed by atoms with E-state index in [4.69, 9.17) is 15.6 Å². The van der Waals surface area contributed by atoms with Crippen molar-refractivity contribution in [3.8, 4) is 5.75 Å². The molecular weight excluding hydrogens is 228 g/mol. The van der Waals surface area contributed by atoms with Crippen molar-refractivity contribution in [3.63, 3.8) is 0 Å². The van der Waals surface area contributed by atoms with Gasteiger partial charge in [-0.25, -0.2) is 13.6 Å². The quantitative estimate of drug-likeness (QED) is 0.761. The number of hydrogen-bond acceptors (Lipinski definition) is 4. The first-order chi connectivity index (χ1) is 7.09. The number of nitrogens with two attached hydrogens (primary N) is 2. The first kappa shape index (κ1) is 12.8. The summed E-state index contributed by atoms with van der Waals surface area (Å²) in [6.07, 6.45) is 0. The minimum absolute atomic E-state index is 0.0130. The predicted octanol–water partition coefficient (Wildman–Crippen LogP) is 1.09. The molecular formula is C10H16N2O3S. The lowest BCUT2D eigenvalue weighted by molar-refractivity contribution is 0.131. The summed E-state index contributed by atoms with van der Waals surface area (Å²) >= 11 is 0. The average Bonchev–Trinajstić information content (AvgIpc) is 2.04. The Hall–Kier alpha value is -1.27. The van der Waals surface area contributed by atoms with Crippen LogP contribution in [0.2, 0.25) is 0 Å².